The van der Waals surface area contributed by atoms with Crippen LogP contribution < -0.4 is 4.57 Å². The van der Waals surface area contributed by atoms with Crippen LogP contribution in [0.25, 0.3) is 10.9 Å². The van der Waals surface area contributed by atoms with Gasteiger partial charge in [0.05, 0.1) is 4.90 Å². The lowest BCUT2D eigenvalue weighted by Crippen LogP contribution is -2.34. The normalized spacial score (nSPS) is 15.0. The van der Waals surface area contributed by atoms with Crippen molar-refractivity contribution in [2.24, 2.45) is 5.92 Å². The molecule has 0 atom stereocenters. The molecule has 1 saturated carbocycles. The highest BCUT2D eigenvalue weighted by Crippen LogP contribution is 2.28. The zero-order chi connectivity index (χ0) is 20.6. The van der Waals surface area contributed by atoms with Gasteiger partial charge in [-0.2, -0.15) is 4.57 Å². The monoisotopic (exact) mass is 482 g/mol. The van der Waals surface area contributed by atoms with Crippen LogP contribution in [0.5, 0.6) is 0 Å². The smallest absolute Gasteiger partial charge is 0.197 e. The van der Waals surface area contributed by atoms with Gasteiger partial charge in [-0.05, 0) is 42.2 Å². The van der Waals surface area contributed by atoms with Crippen molar-refractivity contribution in [1.29, 1.82) is 0 Å². The number of thioether (sulfide) groups is 1. The minimum Gasteiger partial charge on any atom is -0.197 e. The fraction of sp³-hybridized carbons (Fsp3) is 0.444. The lowest BCUT2D eigenvalue weighted by molar-refractivity contribution is -0.673. The van der Waals surface area contributed by atoms with E-state index in [4.69, 9.17) is 0 Å². The van der Waals surface area contributed by atoms with Gasteiger partial charge in [0.1, 0.15) is 6.54 Å². The van der Waals surface area contributed by atoms with E-state index in [-0.39, 0.29) is 0 Å². The first-order chi connectivity index (χ1) is 14.8. The minimum atomic E-state index is 0.999. The van der Waals surface area contributed by atoms with E-state index in [0.717, 1.165) is 22.7 Å². The van der Waals surface area contributed by atoms with Crippen molar-refractivity contribution in [3.63, 3.8) is 0 Å². The summed E-state index contributed by atoms with van der Waals surface area (Å²) in [6.07, 6.45) is 15.2. The molecule has 0 bridgehead atoms. The summed E-state index contributed by atoms with van der Waals surface area (Å²) in [5.74, 6) is 2.02. The van der Waals surface area contributed by atoms with Crippen LogP contribution in [0, 0.1) is 5.92 Å². The number of para-hydroxylation sites is 1. The van der Waals surface area contributed by atoms with Crippen molar-refractivity contribution < 1.29 is 4.57 Å². The Morgan fingerprint density at radius 3 is 2.63 bits per heavy atom. The summed E-state index contributed by atoms with van der Waals surface area (Å²) in [6, 6.07) is 19.8. The van der Waals surface area contributed by atoms with Gasteiger partial charge in [-0.3, -0.25) is 0 Å². The van der Waals surface area contributed by atoms with Crippen molar-refractivity contribution in [3.8, 4) is 0 Å². The summed E-state index contributed by atoms with van der Waals surface area (Å²) >= 11 is 5.52. The molecule has 0 saturated heterocycles. The topological polar surface area (TPSA) is 3.88 Å². The zero-order valence-electron chi connectivity index (χ0n) is 17.9. The highest BCUT2D eigenvalue weighted by atomic mass is 79.9. The van der Waals surface area contributed by atoms with Crippen LogP contribution in [0.3, 0.4) is 0 Å². The third-order valence-electron chi connectivity index (χ3n) is 6.36. The fourth-order valence-corrected chi connectivity index (χ4v) is 6.08. The van der Waals surface area contributed by atoms with Gasteiger partial charge in [0.15, 0.2) is 6.20 Å². The first-order valence-electron chi connectivity index (χ1n) is 11.6. The van der Waals surface area contributed by atoms with Crippen LogP contribution in [0.2, 0.25) is 0 Å². The molecule has 0 aliphatic heterocycles. The molecule has 1 aromatic heterocycles. The van der Waals surface area contributed by atoms with Crippen LogP contribution >= 0.6 is 27.7 Å². The predicted molar refractivity (Wildman–Crippen MR) is 133 cm³/mol. The molecule has 1 heterocycles. The molecule has 158 valence electrons. The van der Waals surface area contributed by atoms with Crippen molar-refractivity contribution >= 4 is 38.6 Å². The average Bonchev–Trinajstić information content (AvgIpc) is 2.78. The number of halogens is 1. The molecule has 1 aliphatic carbocycles. The molecule has 0 spiro atoms. The van der Waals surface area contributed by atoms with Gasteiger partial charge in [-0.1, -0.05) is 85.1 Å². The Bertz CT molecular complexity index is 949. The number of unbranched alkanes of at least 4 members (excludes halogenated alkanes) is 2. The molecule has 0 amide bonds. The first-order valence-corrected chi connectivity index (χ1v) is 13.4. The molecule has 0 unspecified atom stereocenters. The van der Waals surface area contributed by atoms with Gasteiger partial charge in [-0.25, -0.2) is 0 Å². The molecule has 4 rings (SSSR count). The number of pyridine rings is 1. The van der Waals surface area contributed by atoms with Gasteiger partial charge in [0.25, 0.3) is 0 Å². The molecule has 30 heavy (non-hydrogen) atoms. The van der Waals surface area contributed by atoms with Crippen molar-refractivity contribution in [1.82, 2.24) is 0 Å². The van der Waals surface area contributed by atoms with Gasteiger partial charge in [0.2, 0.25) is 5.52 Å². The fourth-order valence-electron chi connectivity index (χ4n) is 4.71. The summed E-state index contributed by atoms with van der Waals surface area (Å²) in [5, 5.41) is 1.35. The number of aromatic nitrogens is 1. The number of fused-ring (bicyclic) bond motifs is 1. The Morgan fingerprint density at radius 1 is 0.900 bits per heavy atom. The maximum absolute atomic E-state index is 3.59. The van der Waals surface area contributed by atoms with Crippen molar-refractivity contribution in [2.75, 3.05) is 0 Å². The van der Waals surface area contributed by atoms with Gasteiger partial charge in [-0.15, -0.1) is 11.8 Å². The number of nitrogens with zero attached hydrogens (tertiary/aromatic N) is 1. The van der Waals surface area contributed by atoms with Crippen LogP contribution in [-0.4, -0.2) is 0 Å². The molecule has 1 fully saturated rings. The number of rotatable bonds is 9. The molecule has 1 nitrogen and oxygen atoms in total. The second-order valence-corrected chi connectivity index (χ2v) is 10.7. The summed E-state index contributed by atoms with van der Waals surface area (Å²) in [4.78, 5) is 1.36. The van der Waals surface area contributed by atoms with E-state index in [2.05, 4.69) is 81.3 Å². The molecule has 0 radical (unpaired) electrons. The minimum absolute atomic E-state index is 0.999. The Balaban J connectivity index is 1.36. The quantitative estimate of drug-likeness (QED) is 0.168. The Labute approximate surface area is 194 Å². The summed E-state index contributed by atoms with van der Waals surface area (Å²) in [5.41, 5.74) is 2.72. The third-order valence-corrected chi connectivity index (χ3v) is 7.89. The number of hydrogen-bond acceptors (Lipinski definition) is 1. The SMILES string of the molecule is Brc1cccc(CSc2cc3ccccc3[n+](CCCCCC3CCCCC3)c2)c1. The lowest BCUT2D eigenvalue weighted by atomic mass is 9.85. The van der Waals surface area contributed by atoms with Gasteiger partial charge in [0, 0.05) is 28.1 Å². The summed E-state index contributed by atoms with van der Waals surface area (Å²) < 4.78 is 3.64. The number of aryl methyl sites for hydroxylation is 1. The predicted octanol–water partition coefficient (Wildman–Crippen LogP) is 8.32. The molecule has 1 aliphatic rings. The highest BCUT2D eigenvalue weighted by molar-refractivity contribution is 9.10. The second kappa shape index (κ2) is 11.3. The largest absolute Gasteiger partial charge is 0.212 e. The number of benzene rings is 2. The van der Waals surface area contributed by atoms with Crippen LogP contribution in [0.4, 0.5) is 0 Å². The van der Waals surface area contributed by atoms with E-state index in [1.54, 1.807) is 0 Å². The van der Waals surface area contributed by atoms with Crippen molar-refractivity contribution in [3.05, 3.63) is 70.8 Å². The molecular formula is C27H33BrNS+. The van der Waals surface area contributed by atoms with E-state index in [0.29, 0.717) is 0 Å². The Morgan fingerprint density at radius 2 is 1.77 bits per heavy atom. The standard InChI is InChI=1S/C27H33BrNS/c28-25-15-9-13-23(18-25)21-30-26-19-24-14-6-7-16-27(24)29(20-26)17-8-2-5-12-22-10-3-1-4-11-22/h6-7,9,13-16,18-20,22H,1-5,8,10-12,17,21H2/q+1. The van der Waals surface area contributed by atoms with Crippen LogP contribution in [-0.2, 0) is 12.3 Å². The maximum atomic E-state index is 3.59. The third kappa shape index (κ3) is 6.34. The molecule has 3 aromatic rings. The van der Waals surface area contributed by atoms with E-state index >= 15 is 0 Å². The highest BCUT2D eigenvalue weighted by Gasteiger charge is 2.14. The second-order valence-electron chi connectivity index (χ2n) is 8.70. The zero-order valence-corrected chi connectivity index (χ0v) is 20.3. The summed E-state index contributed by atoms with van der Waals surface area (Å²) in [7, 11) is 0. The van der Waals surface area contributed by atoms with E-state index in [1.807, 2.05) is 11.8 Å². The first kappa shape index (κ1) is 21.9. The van der Waals surface area contributed by atoms with E-state index in [1.165, 1.54) is 79.1 Å². The van der Waals surface area contributed by atoms with E-state index < -0.39 is 0 Å². The maximum Gasteiger partial charge on any atom is 0.212 e. The van der Waals surface area contributed by atoms with Crippen LogP contribution in [0.15, 0.2) is 70.2 Å². The van der Waals surface area contributed by atoms with Gasteiger partial charge >= 0.3 is 0 Å². The van der Waals surface area contributed by atoms with Gasteiger partial charge < -0.3 is 0 Å². The van der Waals surface area contributed by atoms with E-state index in [9.17, 15) is 0 Å². The summed E-state index contributed by atoms with van der Waals surface area (Å²) in [6.45, 7) is 1.12. The number of hydrogen-bond donors (Lipinski definition) is 0. The average molecular weight is 484 g/mol. The van der Waals surface area contributed by atoms with Crippen molar-refractivity contribution in [2.45, 2.75) is 75.0 Å². The lowest BCUT2D eigenvalue weighted by Gasteiger charge is -2.21. The molecule has 0 N–H and O–H groups in total. The molecule has 2 aromatic carbocycles. The molecular weight excluding hydrogens is 450 g/mol. The Hall–Kier alpha value is -1.32. The van der Waals surface area contributed by atoms with Crippen LogP contribution in [0.1, 0.15) is 63.4 Å². The molecule has 3 heteroatoms. The Kier molecular flexibility index (Phi) is 8.28.